The summed E-state index contributed by atoms with van der Waals surface area (Å²) in [6.07, 6.45) is 1.80. The molecule has 2 heterocycles. The van der Waals surface area contributed by atoms with Gasteiger partial charge in [-0.3, -0.25) is 4.79 Å². The highest BCUT2D eigenvalue weighted by molar-refractivity contribution is 5.77. The van der Waals surface area contributed by atoms with Gasteiger partial charge in [-0.25, -0.2) is 0 Å². The predicted molar refractivity (Wildman–Crippen MR) is 37.5 cm³/mol. The van der Waals surface area contributed by atoms with Gasteiger partial charge in [-0.15, -0.1) is 0 Å². The summed E-state index contributed by atoms with van der Waals surface area (Å²) in [5.74, 6) is 0.933. The molecule has 0 aromatic heterocycles. The number of fused-ring (bicyclic) bond motifs is 1. The minimum Gasteiger partial charge on any atom is -0.352 e. The van der Waals surface area contributed by atoms with Crippen LogP contribution in [0.5, 0.6) is 0 Å². The van der Waals surface area contributed by atoms with Crippen LogP contribution < -0.4 is 10.6 Å². The molecule has 1 amide bonds. The quantitative estimate of drug-likeness (QED) is 0.475. The van der Waals surface area contributed by atoms with E-state index < -0.39 is 0 Å². The maximum absolute atomic E-state index is 10.9. The molecule has 3 nitrogen and oxygen atoms in total. The van der Waals surface area contributed by atoms with E-state index in [0.29, 0.717) is 12.0 Å². The van der Waals surface area contributed by atoms with Gasteiger partial charge in [-0.2, -0.15) is 0 Å². The molecule has 2 saturated heterocycles. The molecule has 2 fully saturated rings. The van der Waals surface area contributed by atoms with Gasteiger partial charge in [0.15, 0.2) is 0 Å². The SMILES string of the molecule is O=C1CCC2CNCC2N1. The van der Waals surface area contributed by atoms with Gasteiger partial charge in [-0.1, -0.05) is 0 Å². The molecule has 0 saturated carbocycles. The van der Waals surface area contributed by atoms with Gasteiger partial charge < -0.3 is 10.6 Å². The normalized spacial score (nSPS) is 39.0. The Hall–Kier alpha value is -0.570. The Bertz CT molecular complexity index is 158. The summed E-state index contributed by atoms with van der Waals surface area (Å²) >= 11 is 0. The molecule has 2 aliphatic rings. The highest BCUT2D eigenvalue weighted by Crippen LogP contribution is 2.19. The molecule has 2 unspecified atom stereocenters. The van der Waals surface area contributed by atoms with Gasteiger partial charge >= 0.3 is 0 Å². The van der Waals surface area contributed by atoms with E-state index in [4.69, 9.17) is 0 Å². The fourth-order valence-electron chi connectivity index (χ4n) is 1.80. The summed E-state index contributed by atoms with van der Waals surface area (Å²) in [4.78, 5) is 10.9. The third kappa shape index (κ3) is 0.904. The van der Waals surface area contributed by atoms with E-state index in [-0.39, 0.29) is 5.91 Å². The zero-order valence-electron chi connectivity index (χ0n) is 5.89. The second kappa shape index (κ2) is 2.23. The maximum atomic E-state index is 10.9. The first-order chi connectivity index (χ1) is 4.86. The van der Waals surface area contributed by atoms with E-state index in [2.05, 4.69) is 10.6 Å². The predicted octanol–water partition coefficient (Wildman–Crippen LogP) is -0.516. The molecule has 0 aromatic rings. The van der Waals surface area contributed by atoms with E-state index in [1.54, 1.807) is 0 Å². The second-order valence-corrected chi connectivity index (χ2v) is 3.13. The molecule has 0 aliphatic carbocycles. The Balaban J connectivity index is 2.03. The van der Waals surface area contributed by atoms with E-state index in [1.807, 2.05) is 0 Å². The first kappa shape index (κ1) is 6.16. The van der Waals surface area contributed by atoms with Crippen LogP contribution in [0, 0.1) is 5.92 Å². The van der Waals surface area contributed by atoms with Crippen molar-refractivity contribution in [1.82, 2.24) is 10.6 Å². The molecular weight excluding hydrogens is 128 g/mol. The largest absolute Gasteiger partial charge is 0.352 e. The zero-order valence-corrected chi connectivity index (χ0v) is 5.89. The first-order valence-corrected chi connectivity index (χ1v) is 3.86. The van der Waals surface area contributed by atoms with Crippen molar-refractivity contribution in [2.24, 2.45) is 5.92 Å². The van der Waals surface area contributed by atoms with Gasteiger partial charge in [0.25, 0.3) is 0 Å². The summed E-state index contributed by atoms with van der Waals surface area (Å²) in [6.45, 7) is 2.06. The Morgan fingerprint density at radius 1 is 1.40 bits per heavy atom. The molecule has 3 heteroatoms. The topological polar surface area (TPSA) is 41.1 Å². The fourth-order valence-corrected chi connectivity index (χ4v) is 1.80. The lowest BCUT2D eigenvalue weighted by Crippen LogP contribution is -2.44. The summed E-state index contributed by atoms with van der Waals surface area (Å²) in [5.41, 5.74) is 0. The summed E-state index contributed by atoms with van der Waals surface area (Å²) in [6, 6.07) is 0.432. The van der Waals surface area contributed by atoms with Crippen LogP contribution in [0.2, 0.25) is 0 Å². The van der Waals surface area contributed by atoms with Crippen molar-refractivity contribution < 1.29 is 4.79 Å². The number of rotatable bonds is 0. The van der Waals surface area contributed by atoms with Crippen LogP contribution in [0.4, 0.5) is 0 Å². The molecule has 0 bridgehead atoms. The Morgan fingerprint density at radius 2 is 2.30 bits per heavy atom. The Morgan fingerprint density at radius 3 is 3.20 bits per heavy atom. The molecule has 2 N–H and O–H groups in total. The van der Waals surface area contributed by atoms with Crippen LogP contribution in [-0.4, -0.2) is 25.0 Å². The van der Waals surface area contributed by atoms with Crippen molar-refractivity contribution in [2.75, 3.05) is 13.1 Å². The van der Waals surface area contributed by atoms with Gasteiger partial charge in [0.1, 0.15) is 0 Å². The second-order valence-electron chi connectivity index (χ2n) is 3.13. The Labute approximate surface area is 60.2 Å². The lowest BCUT2D eigenvalue weighted by Gasteiger charge is -2.24. The number of piperidine rings is 1. The van der Waals surface area contributed by atoms with Gasteiger partial charge in [-0.05, 0) is 12.3 Å². The zero-order chi connectivity index (χ0) is 6.97. The average Bonchev–Trinajstić information content (AvgIpc) is 2.33. The van der Waals surface area contributed by atoms with Crippen LogP contribution in [0.1, 0.15) is 12.8 Å². The molecule has 0 spiro atoms. The van der Waals surface area contributed by atoms with E-state index >= 15 is 0 Å². The number of hydrogen-bond acceptors (Lipinski definition) is 2. The number of nitrogens with one attached hydrogen (secondary N) is 2. The lowest BCUT2D eigenvalue weighted by atomic mass is 9.94. The molecule has 2 atom stereocenters. The monoisotopic (exact) mass is 140 g/mol. The summed E-state index contributed by atoms with van der Waals surface area (Å²) in [5, 5.41) is 6.25. The third-order valence-corrected chi connectivity index (χ3v) is 2.43. The molecule has 0 aromatic carbocycles. The average molecular weight is 140 g/mol. The van der Waals surface area contributed by atoms with Crippen molar-refractivity contribution in [3.63, 3.8) is 0 Å². The van der Waals surface area contributed by atoms with Crippen molar-refractivity contribution in [1.29, 1.82) is 0 Å². The van der Waals surface area contributed by atoms with Crippen molar-refractivity contribution in [2.45, 2.75) is 18.9 Å². The van der Waals surface area contributed by atoms with E-state index in [0.717, 1.165) is 25.9 Å². The highest BCUT2D eigenvalue weighted by atomic mass is 16.1. The highest BCUT2D eigenvalue weighted by Gasteiger charge is 2.31. The molecule has 2 aliphatic heterocycles. The van der Waals surface area contributed by atoms with E-state index in [9.17, 15) is 4.79 Å². The minimum atomic E-state index is 0.227. The molecule has 56 valence electrons. The molecule has 10 heavy (non-hydrogen) atoms. The standard InChI is InChI=1S/C7H12N2O/c10-7-2-1-5-3-8-4-6(5)9-7/h5-6,8H,1-4H2,(H,9,10). The van der Waals surface area contributed by atoms with Crippen molar-refractivity contribution in [3.05, 3.63) is 0 Å². The molecular formula is C7H12N2O. The summed E-state index contributed by atoms with van der Waals surface area (Å²) in [7, 11) is 0. The van der Waals surface area contributed by atoms with Gasteiger partial charge in [0, 0.05) is 25.6 Å². The smallest absolute Gasteiger partial charge is 0.220 e. The van der Waals surface area contributed by atoms with Crippen molar-refractivity contribution in [3.8, 4) is 0 Å². The number of carbonyl (C=O) groups is 1. The Kier molecular flexibility index (Phi) is 1.38. The van der Waals surface area contributed by atoms with Crippen LogP contribution in [0.15, 0.2) is 0 Å². The maximum Gasteiger partial charge on any atom is 0.220 e. The molecule has 2 rings (SSSR count). The minimum absolute atomic E-state index is 0.227. The van der Waals surface area contributed by atoms with E-state index in [1.165, 1.54) is 0 Å². The lowest BCUT2D eigenvalue weighted by molar-refractivity contribution is -0.123. The summed E-state index contributed by atoms with van der Waals surface area (Å²) < 4.78 is 0. The van der Waals surface area contributed by atoms with Crippen molar-refractivity contribution >= 4 is 5.91 Å². The van der Waals surface area contributed by atoms with Gasteiger partial charge in [0.2, 0.25) is 5.91 Å². The van der Waals surface area contributed by atoms with Crippen LogP contribution >= 0.6 is 0 Å². The van der Waals surface area contributed by atoms with Crippen LogP contribution in [0.25, 0.3) is 0 Å². The third-order valence-electron chi connectivity index (χ3n) is 2.43. The first-order valence-electron chi connectivity index (χ1n) is 3.86. The fraction of sp³-hybridized carbons (Fsp3) is 0.857. The van der Waals surface area contributed by atoms with Crippen LogP contribution in [-0.2, 0) is 4.79 Å². The number of carbonyl (C=O) groups excluding carboxylic acids is 1. The number of amides is 1. The number of hydrogen-bond donors (Lipinski definition) is 2. The molecule has 0 radical (unpaired) electrons. The van der Waals surface area contributed by atoms with Crippen LogP contribution in [0.3, 0.4) is 0 Å². The van der Waals surface area contributed by atoms with Gasteiger partial charge in [0.05, 0.1) is 0 Å².